The van der Waals surface area contributed by atoms with Crippen LogP contribution in [0.1, 0.15) is 48.9 Å². The Kier molecular flexibility index (Phi) is 8.90. The van der Waals surface area contributed by atoms with Gasteiger partial charge in [0.2, 0.25) is 0 Å². The standard InChI is InChI=1S/C24H33FN2O5/c25-13-19-31-21-8-6-20(7-9-21)22(28)26-14-16-27(17-15-26)23(29)32-18-12-24(30)10-4-2-1-3-5-11-24/h1-2,6-9,30H,3-5,10-19H2/b2-1-/t24-/m0/s1. The van der Waals surface area contributed by atoms with Crippen LogP contribution in [0.2, 0.25) is 0 Å². The van der Waals surface area contributed by atoms with Gasteiger partial charge in [0, 0.05) is 38.2 Å². The number of piperazine rings is 1. The number of aliphatic hydroxyl groups is 1. The summed E-state index contributed by atoms with van der Waals surface area (Å²) in [5, 5.41) is 10.8. The highest BCUT2D eigenvalue weighted by atomic mass is 19.1. The van der Waals surface area contributed by atoms with E-state index in [1.165, 1.54) is 0 Å². The molecule has 2 amide bonds. The van der Waals surface area contributed by atoms with Gasteiger partial charge < -0.3 is 24.4 Å². The number of ether oxygens (including phenoxy) is 2. The normalized spacial score (nSPS) is 22.6. The first-order valence-electron chi connectivity index (χ1n) is 11.4. The third kappa shape index (κ3) is 6.95. The fourth-order valence-corrected chi connectivity index (χ4v) is 4.06. The quantitative estimate of drug-likeness (QED) is 0.645. The summed E-state index contributed by atoms with van der Waals surface area (Å²) in [6.45, 7) is 1.26. The molecule has 176 valence electrons. The molecule has 1 heterocycles. The molecule has 32 heavy (non-hydrogen) atoms. The first-order chi connectivity index (χ1) is 15.5. The molecular weight excluding hydrogens is 415 g/mol. The van der Waals surface area contributed by atoms with Gasteiger partial charge in [-0.25, -0.2) is 9.18 Å². The van der Waals surface area contributed by atoms with Gasteiger partial charge in [-0.3, -0.25) is 4.79 Å². The number of alkyl halides is 1. The van der Waals surface area contributed by atoms with E-state index in [2.05, 4.69) is 12.2 Å². The third-order valence-electron chi connectivity index (χ3n) is 6.02. The Morgan fingerprint density at radius 3 is 2.38 bits per heavy atom. The van der Waals surface area contributed by atoms with Gasteiger partial charge in [0.25, 0.3) is 5.91 Å². The molecule has 7 nitrogen and oxygen atoms in total. The molecule has 1 atom stereocenters. The number of carbonyl (C=O) groups is 2. The van der Waals surface area contributed by atoms with Crippen molar-refractivity contribution in [3.8, 4) is 5.75 Å². The molecule has 8 heteroatoms. The third-order valence-corrected chi connectivity index (χ3v) is 6.02. The second-order valence-electron chi connectivity index (χ2n) is 8.33. The van der Waals surface area contributed by atoms with Gasteiger partial charge in [-0.05, 0) is 56.4 Å². The summed E-state index contributed by atoms with van der Waals surface area (Å²) < 4.78 is 22.8. The predicted octanol–water partition coefficient (Wildman–Crippen LogP) is 3.57. The molecular formula is C24H33FN2O5. The predicted molar refractivity (Wildman–Crippen MR) is 119 cm³/mol. The van der Waals surface area contributed by atoms with Gasteiger partial charge in [0.05, 0.1) is 12.2 Å². The summed E-state index contributed by atoms with van der Waals surface area (Å²) in [7, 11) is 0. The second kappa shape index (κ2) is 11.9. The molecule has 0 aromatic heterocycles. The van der Waals surface area contributed by atoms with Crippen molar-refractivity contribution in [2.75, 3.05) is 46.1 Å². The monoisotopic (exact) mass is 448 g/mol. The SMILES string of the molecule is O=C(OCC[C@]1(O)CC/C=C\CCC1)N1CCN(C(=O)c2ccc(OCCF)cc2)CC1. The van der Waals surface area contributed by atoms with E-state index in [0.717, 1.165) is 25.7 Å². The Morgan fingerprint density at radius 1 is 0.969 bits per heavy atom. The minimum atomic E-state index is -0.775. The van der Waals surface area contributed by atoms with Crippen LogP contribution in [0, 0.1) is 0 Å². The lowest BCUT2D eigenvalue weighted by molar-refractivity contribution is -0.00894. The maximum absolute atomic E-state index is 12.7. The number of hydrogen-bond acceptors (Lipinski definition) is 5. The summed E-state index contributed by atoms with van der Waals surface area (Å²) >= 11 is 0. The van der Waals surface area contributed by atoms with Crippen LogP contribution < -0.4 is 4.74 Å². The molecule has 2 aliphatic rings. The van der Waals surface area contributed by atoms with E-state index in [4.69, 9.17) is 9.47 Å². The molecule has 1 aliphatic heterocycles. The van der Waals surface area contributed by atoms with Crippen LogP contribution in [0.15, 0.2) is 36.4 Å². The van der Waals surface area contributed by atoms with Crippen molar-refractivity contribution >= 4 is 12.0 Å². The smallest absolute Gasteiger partial charge is 0.409 e. The van der Waals surface area contributed by atoms with E-state index in [0.29, 0.717) is 50.3 Å². The van der Waals surface area contributed by atoms with Gasteiger partial charge in [0.1, 0.15) is 19.0 Å². The number of rotatable bonds is 7. The van der Waals surface area contributed by atoms with Crippen molar-refractivity contribution in [2.24, 2.45) is 0 Å². The molecule has 0 radical (unpaired) electrons. The largest absolute Gasteiger partial charge is 0.491 e. The molecule has 1 N–H and O–H groups in total. The van der Waals surface area contributed by atoms with Crippen molar-refractivity contribution < 1.29 is 28.6 Å². The van der Waals surface area contributed by atoms with Crippen LogP contribution >= 0.6 is 0 Å². The molecule has 3 rings (SSSR count). The van der Waals surface area contributed by atoms with Gasteiger partial charge in [-0.2, -0.15) is 0 Å². The lowest BCUT2D eigenvalue weighted by Gasteiger charge is -2.34. The molecule has 1 aromatic carbocycles. The average molecular weight is 449 g/mol. The Labute approximate surface area is 188 Å². The minimum Gasteiger partial charge on any atom is -0.491 e. The molecule has 1 aromatic rings. The fraction of sp³-hybridized carbons (Fsp3) is 0.583. The van der Waals surface area contributed by atoms with Crippen LogP contribution in [0.5, 0.6) is 5.75 Å². The summed E-state index contributed by atoms with van der Waals surface area (Å²) in [6.07, 6.45) is 8.45. The molecule has 1 fully saturated rings. The highest BCUT2D eigenvalue weighted by Gasteiger charge is 2.29. The highest BCUT2D eigenvalue weighted by Crippen LogP contribution is 2.27. The van der Waals surface area contributed by atoms with E-state index >= 15 is 0 Å². The number of benzene rings is 1. The Balaban J connectivity index is 1.40. The highest BCUT2D eigenvalue weighted by molar-refractivity contribution is 5.94. The number of halogens is 1. The average Bonchev–Trinajstić information content (AvgIpc) is 2.80. The molecule has 1 aliphatic carbocycles. The summed E-state index contributed by atoms with van der Waals surface area (Å²) in [4.78, 5) is 28.4. The summed E-state index contributed by atoms with van der Waals surface area (Å²) in [5.74, 6) is 0.405. The first kappa shape index (κ1) is 24.0. The van der Waals surface area contributed by atoms with Crippen LogP contribution in [-0.2, 0) is 4.74 Å². The fourth-order valence-electron chi connectivity index (χ4n) is 4.06. The summed E-state index contributed by atoms with van der Waals surface area (Å²) in [5.41, 5.74) is -0.251. The van der Waals surface area contributed by atoms with Crippen LogP contribution in [0.4, 0.5) is 9.18 Å². The molecule has 1 saturated heterocycles. The number of amides is 2. The van der Waals surface area contributed by atoms with Gasteiger partial charge in [0.15, 0.2) is 0 Å². The van der Waals surface area contributed by atoms with Crippen molar-refractivity contribution in [3.63, 3.8) is 0 Å². The van der Waals surface area contributed by atoms with Gasteiger partial charge >= 0.3 is 6.09 Å². The maximum Gasteiger partial charge on any atom is 0.409 e. The van der Waals surface area contributed by atoms with Crippen LogP contribution in [0.3, 0.4) is 0 Å². The van der Waals surface area contributed by atoms with Crippen molar-refractivity contribution in [1.82, 2.24) is 9.80 Å². The van der Waals surface area contributed by atoms with Gasteiger partial charge in [-0.1, -0.05) is 12.2 Å². The number of carbonyl (C=O) groups excluding carboxylic acids is 2. The van der Waals surface area contributed by atoms with Gasteiger partial charge in [-0.15, -0.1) is 0 Å². The number of allylic oxidation sites excluding steroid dienone is 2. The van der Waals surface area contributed by atoms with E-state index in [-0.39, 0.29) is 19.1 Å². The molecule has 0 saturated carbocycles. The number of hydrogen-bond donors (Lipinski definition) is 1. The first-order valence-corrected chi connectivity index (χ1v) is 11.4. The van der Waals surface area contributed by atoms with Crippen LogP contribution in [0.25, 0.3) is 0 Å². The summed E-state index contributed by atoms with van der Waals surface area (Å²) in [6, 6.07) is 6.62. The molecule has 0 unspecified atom stereocenters. The van der Waals surface area contributed by atoms with E-state index in [9.17, 15) is 19.1 Å². The van der Waals surface area contributed by atoms with E-state index in [1.807, 2.05) is 0 Å². The lowest BCUT2D eigenvalue weighted by atomic mass is 9.87. The lowest BCUT2D eigenvalue weighted by Crippen LogP contribution is -2.50. The van der Waals surface area contributed by atoms with Crippen molar-refractivity contribution in [3.05, 3.63) is 42.0 Å². The molecule has 0 bridgehead atoms. The minimum absolute atomic E-state index is 0.0119. The Morgan fingerprint density at radius 2 is 1.66 bits per heavy atom. The zero-order valence-corrected chi connectivity index (χ0v) is 18.5. The van der Waals surface area contributed by atoms with Crippen molar-refractivity contribution in [2.45, 2.75) is 44.1 Å². The second-order valence-corrected chi connectivity index (χ2v) is 8.33. The number of nitrogens with zero attached hydrogens (tertiary/aromatic N) is 2. The Bertz CT molecular complexity index is 777. The van der Waals surface area contributed by atoms with Crippen molar-refractivity contribution in [1.29, 1.82) is 0 Å². The maximum atomic E-state index is 12.7. The Hall–Kier alpha value is -2.61. The van der Waals surface area contributed by atoms with E-state index in [1.54, 1.807) is 34.1 Å². The topological polar surface area (TPSA) is 79.3 Å². The molecule has 0 spiro atoms. The van der Waals surface area contributed by atoms with Crippen LogP contribution in [-0.4, -0.2) is 78.6 Å². The van der Waals surface area contributed by atoms with E-state index < -0.39 is 18.4 Å². The zero-order chi connectivity index (χ0) is 22.8. The zero-order valence-electron chi connectivity index (χ0n) is 18.5.